The maximum Gasteiger partial charge on any atom is 0.0254 e. The lowest BCUT2D eigenvalue weighted by atomic mass is 10.1. The first-order valence-corrected chi connectivity index (χ1v) is 6.45. The molecule has 2 N–H and O–H groups in total. The monoisotopic (exact) mass is 230 g/mol. The van der Waals surface area contributed by atoms with Gasteiger partial charge >= 0.3 is 0 Å². The molecule has 1 aromatic rings. The third-order valence-corrected chi connectivity index (χ3v) is 3.59. The summed E-state index contributed by atoms with van der Waals surface area (Å²) in [6, 6.07) is 11.5. The molecule has 1 saturated carbocycles. The van der Waals surface area contributed by atoms with E-state index in [4.69, 9.17) is 5.73 Å². The second-order valence-electron chi connectivity index (χ2n) is 4.87. The number of rotatable bonds is 5. The molecule has 2 atom stereocenters. The topological polar surface area (TPSA) is 29.3 Å². The van der Waals surface area contributed by atoms with Crippen molar-refractivity contribution in [3.63, 3.8) is 0 Å². The number of hydrogen-bond acceptors (Lipinski definition) is 2. The molecule has 0 saturated heterocycles. The zero-order valence-corrected chi connectivity index (χ0v) is 10.4. The maximum absolute atomic E-state index is 6.19. The van der Waals surface area contributed by atoms with Crippen molar-refractivity contribution in [3.8, 4) is 0 Å². The van der Waals surface area contributed by atoms with Crippen LogP contribution < -0.4 is 5.73 Å². The molecular formula is C15H22N2. The molecule has 1 aliphatic rings. The van der Waals surface area contributed by atoms with Gasteiger partial charge in [0.05, 0.1) is 0 Å². The summed E-state index contributed by atoms with van der Waals surface area (Å²) in [5.74, 6) is 0. The van der Waals surface area contributed by atoms with Crippen LogP contribution in [0.2, 0.25) is 0 Å². The predicted molar refractivity (Wildman–Crippen MR) is 72.7 cm³/mol. The Morgan fingerprint density at radius 3 is 2.65 bits per heavy atom. The van der Waals surface area contributed by atoms with E-state index in [0.29, 0.717) is 12.1 Å². The van der Waals surface area contributed by atoms with Crippen molar-refractivity contribution in [2.24, 2.45) is 5.73 Å². The van der Waals surface area contributed by atoms with Crippen molar-refractivity contribution in [1.82, 2.24) is 4.90 Å². The molecule has 17 heavy (non-hydrogen) atoms. The van der Waals surface area contributed by atoms with Gasteiger partial charge in [0.1, 0.15) is 0 Å². The fourth-order valence-corrected chi connectivity index (χ4v) is 2.72. The Kier molecular flexibility index (Phi) is 4.35. The van der Waals surface area contributed by atoms with Crippen molar-refractivity contribution >= 4 is 0 Å². The van der Waals surface area contributed by atoms with E-state index < -0.39 is 0 Å². The van der Waals surface area contributed by atoms with E-state index in [1.54, 1.807) is 0 Å². The molecule has 1 fully saturated rings. The molecule has 0 amide bonds. The van der Waals surface area contributed by atoms with Crippen molar-refractivity contribution in [1.29, 1.82) is 0 Å². The van der Waals surface area contributed by atoms with E-state index in [9.17, 15) is 0 Å². The van der Waals surface area contributed by atoms with Crippen LogP contribution in [0.3, 0.4) is 0 Å². The molecule has 0 aliphatic heterocycles. The first-order chi connectivity index (χ1) is 8.31. The van der Waals surface area contributed by atoms with E-state index in [1.807, 2.05) is 6.08 Å². The van der Waals surface area contributed by atoms with Crippen LogP contribution in [0.1, 0.15) is 24.8 Å². The van der Waals surface area contributed by atoms with Crippen LogP contribution in [-0.4, -0.2) is 23.5 Å². The van der Waals surface area contributed by atoms with Gasteiger partial charge in [0.25, 0.3) is 0 Å². The summed E-state index contributed by atoms with van der Waals surface area (Å²) in [7, 11) is 0. The third-order valence-electron chi connectivity index (χ3n) is 3.59. The predicted octanol–water partition coefficient (Wildman–Crippen LogP) is 2.55. The highest BCUT2D eigenvalue weighted by molar-refractivity contribution is 5.15. The average Bonchev–Trinajstić information content (AvgIpc) is 2.76. The van der Waals surface area contributed by atoms with Crippen LogP contribution in [0.15, 0.2) is 43.0 Å². The van der Waals surface area contributed by atoms with Crippen molar-refractivity contribution in [2.75, 3.05) is 6.54 Å². The molecule has 2 rings (SSSR count). The second kappa shape index (κ2) is 5.99. The smallest absolute Gasteiger partial charge is 0.0254 e. The molecule has 1 aromatic carbocycles. The molecule has 92 valence electrons. The van der Waals surface area contributed by atoms with Crippen LogP contribution in [0, 0.1) is 0 Å². The van der Waals surface area contributed by atoms with Gasteiger partial charge in [0.2, 0.25) is 0 Å². The lowest BCUT2D eigenvalue weighted by molar-refractivity contribution is 0.196. The van der Waals surface area contributed by atoms with Gasteiger partial charge in [-0.05, 0) is 18.4 Å². The Labute approximate surface area is 104 Å². The fourth-order valence-electron chi connectivity index (χ4n) is 2.72. The Balaban J connectivity index is 2.04. The van der Waals surface area contributed by atoms with E-state index in [1.165, 1.54) is 18.4 Å². The second-order valence-corrected chi connectivity index (χ2v) is 4.87. The molecule has 0 aromatic heterocycles. The minimum Gasteiger partial charge on any atom is -0.326 e. The van der Waals surface area contributed by atoms with Gasteiger partial charge in [-0.3, -0.25) is 4.90 Å². The van der Waals surface area contributed by atoms with Gasteiger partial charge in [0, 0.05) is 25.2 Å². The van der Waals surface area contributed by atoms with E-state index in [0.717, 1.165) is 19.5 Å². The summed E-state index contributed by atoms with van der Waals surface area (Å²) in [6.45, 7) is 5.76. The highest BCUT2D eigenvalue weighted by Gasteiger charge is 2.28. The van der Waals surface area contributed by atoms with Gasteiger partial charge in [-0.1, -0.05) is 42.8 Å². The van der Waals surface area contributed by atoms with Crippen LogP contribution >= 0.6 is 0 Å². The van der Waals surface area contributed by atoms with Crippen molar-refractivity contribution in [2.45, 2.75) is 37.9 Å². The molecule has 2 heteroatoms. The summed E-state index contributed by atoms with van der Waals surface area (Å²) < 4.78 is 0. The zero-order chi connectivity index (χ0) is 12.1. The van der Waals surface area contributed by atoms with E-state index >= 15 is 0 Å². The summed E-state index contributed by atoms with van der Waals surface area (Å²) in [4.78, 5) is 2.46. The highest BCUT2D eigenvalue weighted by Crippen LogP contribution is 2.24. The van der Waals surface area contributed by atoms with Gasteiger partial charge in [0.15, 0.2) is 0 Å². The Morgan fingerprint density at radius 1 is 1.29 bits per heavy atom. The number of hydrogen-bond donors (Lipinski definition) is 1. The SMILES string of the molecule is C=CCN(Cc1ccccc1)[C@@H]1CCC[C@H]1N. The van der Waals surface area contributed by atoms with Gasteiger partial charge < -0.3 is 5.73 Å². The maximum atomic E-state index is 6.19. The molecular weight excluding hydrogens is 208 g/mol. The van der Waals surface area contributed by atoms with Gasteiger partial charge in [-0.25, -0.2) is 0 Å². The van der Waals surface area contributed by atoms with Crippen LogP contribution in [0.5, 0.6) is 0 Å². The minimum atomic E-state index is 0.332. The van der Waals surface area contributed by atoms with Crippen molar-refractivity contribution < 1.29 is 0 Å². The standard InChI is InChI=1S/C15H22N2/c1-2-11-17(15-10-6-9-14(15)16)12-13-7-4-3-5-8-13/h2-5,7-8,14-15H,1,6,9-12,16H2/t14-,15-/m1/s1. The molecule has 0 unspecified atom stereocenters. The van der Waals surface area contributed by atoms with Gasteiger partial charge in [-0.15, -0.1) is 6.58 Å². The molecule has 0 heterocycles. The van der Waals surface area contributed by atoms with E-state index in [-0.39, 0.29) is 0 Å². The summed E-state index contributed by atoms with van der Waals surface area (Å²) in [5.41, 5.74) is 7.54. The highest BCUT2D eigenvalue weighted by atomic mass is 15.2. The first-order valence-electron chi connectivity index (χ1n) is 6.45. The Hall–Kier alpha value is -1.12. The lowest BCUT2D eigenvalue weighted by Crippen LogP contribution is -2.44. The van der Waals surface area contributed by atoms with Crippen LogP contribution in [-0.2, 0) is 6.54 Å². The third kappa shape index (κ3) is 3.18. The molecule has 2 nitrogen and oxygen atoms in total. The average molecular weight is 230 g/mol. The quantitative estimate of drug-likeness (QED) is 0.788. The minimum absolute atomic E-state index is 0.332. The van der Waals surface area contributed by atoms with Gasteiger partial charge in [-0.2, -0.15) is 0 Å². The molecule has 0 spiro atoms. The number of nitrogens with two attached hydrogens (primary N) is 1. The molecule has 0 bridgehead atoms. The Morgan fingerprint density at radius 2 is 2.06 bits per heavy atom. The normalized spacial score (nSPS) is 24.1. The fraction of sp³-hybridized carbons (Fsp3) is 0.467. The number of benzene rings is 1. The van der Waals surface area contributed by atoms with Crippen LogP contribution in [0.4, 0.5) is 0 Å². The Bertz CT molecular complexity index is 347. The van der Waals surface area contributed by atoms with Crippen molar-refractivity contribution in [3.05, 3.63) is 48.6 Å². The van der Waals surface area contributed by atoms with Crippen LogP contribution in [0.25, 0.3) is 0 Å². The summed E-state index contributed by atoms with van der Waals surface area (Å²) >= 11 is 0. The summed E-state index contributed by atoms with van der Waals surface area (Å²) in [6.07, 6.45) is 5.62. The zero-order valence-electron chi connectivity index (χ0n) is 10.4. The summed E-state index contributed by atoms with van der Waals surface area (Å²) in [5, 5.41) is 0. The lowest BCUT2D eigenvalue weighted by Gasteiger charge is -2.30. The molecule has 1 aliphatic carbocycles. The first kappa shape index (κ1) is 12.3. The molecule has 0 radical (unpaired) electrons. The largest absolute Gasteiger partial charge is 0.326 e. The van der Waals surface area contributed by atoms with E-state index in [2.05, 4.69) is 41.8 Å². The number of nitrogens with zero attached hydrogens (tertiary/aromatic N) is 1.